The summed E-state index contributed by atoms with van der Waals surface area (Å²) in [6.45, 7) is 4.31. The van der Waals surface area contributed by atoms with Gasteiger partial charge in [-0.15, -0.1) is 0 Å². The lowest BCUT2D eigenvalue weighted by molar-refractivity contribution is -0.121. The summed E-state index contributed by atoms with van der Waals surface area (Å²) in [6.07, 6.45) is 0.305. The second-order valence-electron chi connectivity index (χ2n) is 7.48. The molecule has 0 saturated carbocycles. The molecule has 1 atom stereocenters. The van der Waals surface area contributed by atoms with Crippen LogP contribution in [0.15, 0.2) is 47.4 Å². The van der Waals surface area contributed by atoms with Crippen molar-refractivity contribution in [2.75, 3.05) is 13.1 Å². The van der Waals surface area contributed by atoms with Crippen molar-refractivity contribution in [1.29, 1.82) is 5.26 Å². The summed E-state index contributed by atoms with van der Waals surface area (Å²) in [5.41, 5.74) is 1.37. The van der Waals surface area contributed by atoms with Crippen LogP contribution in [0.3, 0.4) is 0 Å². The van der Waals surface area contributed by atoms with Gasteiger partial charge in [-0.3, -0.25) is 4.79 Å². The summed E-state index contributed by atoms with van der Waals surface area (Å²) in [7, 11) is -1.82. The van der Waals surface area contributed by atoms with Crippen molar-refractivity contribution in [3.8, 4) is 6.07 Å². The molecule has 8 nitrogen and oxygen atoms in total. The van der Waals surface area contributed by atoms with Crippen molar-refractivity contribution in [3.63, 3.8) is 0 Å². The fourth-order valence-electron chi connectivity index (χ4n) is 3.67. The Balaban J connectivity index is 1.76. The normalized spacial score (nSPS) is 12.6. The maximum Gasteiger partial charge on any atom is 0.243 e. The van der Waals surface area contributed by atoms with E-state index in [9.17, 15) is 22.9 Å². The molecule has 0 aliphatic carbocycles. The molecule has 1 aromatic heterocycles. The molecule has 3 rings (SSSR count). The highest BCUT2D eigenvalue weighted by atomic mass is 32.2. The number of halogens is 1. The quantitative estimate of drug-likeness (QED) is 0.516. The predicted octanol–water partition coefficient (Wildman–Crippen LogP) is 3.06. The Hall–Kier alpha value is -3.29. The van der Waals surface area contributed by atoms with E-state index in [1.54, 1.807) is 43.7 Å². The Labute approximate surface area is 192 Å². The molecule has 0 bridgehead atoms. The van der Waals surface area contributed by atoms with Crippen LogP contribution in [0, 0.1) is 17.1 Å². The molecule has 1 heterocycles. The van der Waals surface area contributed by atoms with E-state index < -0.39 is 27.8 Å². The van der Waals surface area contributed by atoms with Crippen LogP contribution in [-0.2, 0) is 28.3 Å². The number of carbonyl (C=O) groups excluding carboxylic acids is 1. The molecule has 0 aliphatic rings. The summed E-state index contributed by atoms with van der Waals surface area (Å²) in [5.74, 6) is -0.381. The van der Waals surface area contributed by atoms with Gasteiger partial charge in [0.15, 0.2) is 0 Å². The molecule has 1 unspecified atom stereocenters. The summed E-state index contributed by atoms with van der Waals surface area (Å²) in [6, 6.07) is 11.4. The zero-order valence-corrected chi connectivity index (χ0v) is 19.6. The number of sulfonamides is 1. The number of aryl methyl sites for hydroxylation is 2. The number of nitriles is 1. The average molecular weight is 472 g/mol. The molecule has 0 fully saturated rings. The molecule has 33 heavy (non-hydrogen) atoms. The summed E-state index contributed by atoms with van der Waals surface area (Å²) >= 11 is 0. The highest BCUT2D eigenvalue weighted by Gasteiger charge is 2.23. The van der Waals surface area contributed by atoms with E-state index in [-0.39, 0.29) is 23.3 Å². The lowest BCUT2D eigenvalue weighted by Crippen LogP contribution is -2.30. The minimum Gasteiger partial charge on any atom is -0.337 e. The summed E-state index contributed by atoms with van der Waals surface area (Å²) in [4.78, 5) is 17.1. The number of carbonyl (C=O) groups is 1. The Kier molecular flexibility index (Phi) is 7.46. The van der Waals surface area contributed by atoms with Crippen molar-refractivity contribution < 1.29 is 17.6 Å². The maximum atomic E-state index is 13.9. The molecule has 0 aliphatic heterocycles. The summed E-state index contributed by atoms with van der Waals surface area (Å²) in [5, 5.41) is 11.9. The van der Waals surface area contributed by atoms with Gasteiger partial charge in [-0.05, 0) is 24.3 Å². The molecule has 1 amide bonds. The topological polar surface area (TPSA) is 108 Å². The molecule has 2 aromatic carbocycles. The smallest absolute Gasteiger partial charge is 0.243 e. The number of nitrogens with zero attached hydrogens (tertiary/aromatic N) is 4. The zero-order chi connectivity index (χ0) is 24.2. The Morgan fingerprint density at radius 1 is 1.24 bits per heavy atom. The van der Waals surface area contributed by atoms with Gasteiger partial charge in [-0.1, -0.05) is 32.0 Å². The molecule has 0 spiro atoms. The number of benzene rings is 2. The maximum absolute atomic E-state index is 13.9. The van der Waals surface area contributed by atoms with E-state index in [1.807, 2.05) is 6.07 Å². The number of hydrogen-bond donors (Lipinski definition) is 1. The first-order chi connectivity index (χ1) is 15.7. The number of imidazole rings is 1. The fourth-order valence-corrected chi connectivity index (χ4v) is 5.15. The van der Waals surface area contributed by atoms with Gasteiger partial charge in [0.2, 0.25) is 15.9 Å². The van der Waals surface area contributed by atoms with Crippen molar-refractivity contribution in [2.45, 2.75) is 37.6 Å². The van der Waals surface area contributed by atoms with Gasteiger partial charge in [-0.25, -0.2) is 17.8 Å². The predicted molar refractivity (Wildman–Crippen MR) is 122 cm³/mol. The van der Waals surface area contributed by atoms with E-state index in [0.717, 1.165) is 5.52 Å². The molecule has 3 aromatic rings. The van der Waals surface area contributed by atoms with Crippen LogP contribution in [0.5, 0.6) is 0 Å². The largest absolute Gasteiger partial charge is 0.337 e. The van der Waals surface area contributed by atoms with Gasteiger partial charge < -0.3 is 9.88 Å². The molecule has 174 valence electrons. The van der Waals surface area contributed by atoms with Crippen molar-refractivity contribution in [1.82, 2.24) is 19.2 Å². The van der Waals surface area contributed by atoms with Crippen LogP contribution < -0.4 is 5.32 Å². The van der Waals surface area contributed by atoms with Gasteiger partial charge >= 0.3 is 0 Å². The minimum absolute atomic E-state index is 0.0361. The highest BCUT2D eigenvalue weighted by Crippen LogP contribution is 2.23. The van der Waals surface area contributed by atoms with Crippen LogP contribution in [-0.4, -0.2) is 41.3 Å². The van der Waals surface area contributed by atoms with Gasteiger partial charge in [0.25, 0.3) is 0 Å². The first-order valence-corrected chi connectivity index (χ1v) is 12.1. The first-order valence-electron chi connectivity index (χ1n) is 10.6. The minimum atomic E-state index is -3.61. The number of fused-ring (bicyclic) bond motifs is 1. The van der Waals surface area contributed by atoms with Crippen LogP contribution in [0.1, 0.15) is 37.7 Å². The number of aromatic nitrogens is 2. The lowest BCUT2D eigenvalue weighted by atomic mass is 10.1. The zero-order valence-electron chi connectivity index (χ0n) is 18.7. The van der Waals surface area contributed by atoms with E-state index in [0.29, 0.717) is 24.4 Å². The molecule has 0 saturated heterocycles. The van der Waals surface area contributed by atoms with Crippen molar-refractivity contribution >= 4 is 27.0 Å². The van der Waals surface area contributed by atoms with Crippen molar-refractivity contribution in [3.05, 3.63) is 59.7 Å². The number of rotatable bonds is 9. The molecular weight excluding hydrogens is 445 g/mol. The second-order valence-corrected chi connectivity index (χ2v) is 9.42. The van der Waals surface area contributed by atoms with Crippen LogP contribution in [0.25, 0.3) is 11.0 Å². The Morgan fingerprint density at radius 3 is 2.58 bits per heavy atom. The number of nitrogens with one attached hydrogen (secondary N) is 1. The highest BCUT2D eigenvalue weighted by molar-refractivity contribution is 7.89. The third-order valence-electron chi connectivity index (χ3n) is 5.51. The number of amides is 1. The van der Waals surface area contributed by atoms with Crippen LogP contribution in [0.4, 0.5) is 4.39 Å². The lowest BCUT2D eigenvalue weighted by Gasteiger charge is -2.18. The second kappa shape index (κ2) is 10.1. The first kappa shape index (κ1) is 24.4. The van der Waals surface area contributed by atoms with Gasteiger partial charge in [0.05, 0.1) is 22.0 Å². The van der Waals surface area contributed by atoms with Gasteiger partial charge in [0, 0.05) is 38.5 Å². The fraction of sp³-hybridized carbons (Fsp3) is 0.348. The van der Waals surface area contributed by atoms with E-state index >= 15 is 0 Å². The van der Waals surface area contributed by atoms with Crippen molar-refractivity contribution in [2.24, 2.45) is 7.05 Å². The van der Waals surface area contributed by atoms with Gasteiger partial charge in [0.1, 0.15) is 17.7 Å². The third kappa shape index (κ3) is 5.05. The number of hydrogen-bond acceptors (Lipinski definition) is 5. The average Bonchev–Trinajstić information content (AvgIpc) is 3.12. The van der Waals surface area contributed by atoms with Crippen LogP contribution >= 0.6 is 0 Å². The van der Waals surface area contributed by atoms with E-state index in [1.165, 1.54) is 28.6 Å². The SMILES string of the molecule is CCN(CC)S(=O)(=O)c1ccc2c(c1)nc(CCC(=O)NC(C#N)c1ccccc1F)n2C. The van der Waals surface area contributed by atoms with Gasteiger partial charge in [-0.2, -0.15) is 9.57 Å². The molecule has 0 radical (unpaired) electrons. The monoisotopic (exact) mass is 471 g/mol. The van der Waals surface area contributed by atoms with E-state index in [2.05, 4.69) is 10.3 Å². The third-order valence-corrected chi connectivity index (χ3v) is 7.56. The Bertz CT molecular complexity index is 1310. The van der Waals surface area contributed by atoms with E-state index in [4.69, 9.17) is 0 Å². The Morgan fingerprint density at radius 2 is 1.94 bits per heavy atom. The summed E-state index contributed by atoms with van der Waals surface area (Å²) < 4.78 is 42.7. The molecule has 1 N–H and O–H groups in total. The molecular formula is C23H26FN5O3S. The van der Waals surface area contributed by atoms with Crippen LogP contribution in [0.2, 0.25) is 0 Å². The molecule has 10 heteroatoms. The standard InChI is InChI=1S/C23H26FN5O3S/c1-4-29(5-2)33(31,32)16-10-11-21-19(14-16)26-22(28(21)3)12-13-23(30)27-20(15-25)17-8-6-7-9-18(17)24/h6-11,14,20H,4-5,12-13H2,1-3H3,(H,27,30).